The van der Waals surface area contributed by atoms with Crippen LogP contribution in [0.5, 0.6) is 0 Å². The van der Waals surface area contributed by atoms with Gasteiger partial charge >= 0.3 is 0 Å². The van der Waals surface area contributed by atoms with Gasteiger partial charge in [0.05, 0.1) is 0 Å². The van der Waals surface area contributed by atoms with E-state index in [0.717, 1.165) is 0 Å². The highest BCUT2D eigenvalue weighted by molar-refractivity contribution is 5.23. The molecule has 1 saturated carbocycles. The summed E-state index contributed by atoms with van der Waals surface area (Å²) in [4.78, 5) is 0. The zero-order chi connectivity index (χ0) is 17.3. The summed E-state index contributed by atoms with van der Waals surface area (Å²) >= 11 is 0. The fourth-order valence-corrected chi connectivity index (χ4v) is 3.56. The van der Waals surface area contributed by atoms with E-state index in [1.807, 2.05) is 0 Å². The van der Waals surface area contributed by atoms with Gasteiger partial charge in [-0.2, -0.15) is 0 Å². The lowest BCUT2D eigenvalue weighted by Gasteiger charge is -2.10. The highest BCUT2D eigenvalue weighted by atomic mass is 14.9. The second kappa shape index (κ2) is 16.0. The molecule has 1 aliphatic rings. The second-order valence-electron chi connectivity index (χ2n) is 7.86. The molecule has 0 unspecified atom stereocenters. The van der Waals surface area contributed by atoms with E-state index in [1.54, 1.807) is 11.3 Å². The minimum atomic E-state index is 1.21. The number of hydrogen-bond acceptors (Lipinski definition) is 1. The molecule has 1 heteroatoms. The van der Waals surface area contributed by atoms with Crippen LogP contribution in [0.25, 0.3) is 0 Å². The molecule has 1 N–H and O–H groups in total. The van der Waals surface area contributed by atoms with Gasteiger partial charge in [0.25, 0.3) is 0 Å². The number of nitrogens with one attached hydrogen (secondary N) is 1. The fourth-order valence-electron chi connectivity index (χ4n) is 3.56. The van der Waals surface area contributed by atoms with E-state index in [4.69, 9.17) is 0 Å². The average Bonchev–Trinajstić information content (AvgIpc) is 3.42. The largest absolute Gasteiger partial charge is 0.388 e. The van der Waals surface area contributed by atoms with Crippen molar-refractivity contribution >= 4 is 0 Å². The lowest BCUT2D eigenvalue weighted by atomic mass is 10.0. The maximum absolute atomic E-state index is 3.71. The summed E-state index contributed by atoms with van der Waals surface area (Å²) in [6.07, 6.45) is 25.5. The Morgan fingerprint density at radius 2 is 1.08 bits per heavy atom. The van der Waals surface area contributed by atoms with Crippen LogP contribution in [0.1, 0.15) is 129 Å². The molecular weight excluding hydrogens is 290 g/mol. The molecule has 142 valence electrons. The van der Waals surface area contributed by atoms with Gasteiger partial charge in [0.2, 0.25) is 0 Å². The molecule has 0 aliphatic heterocycles. The van der Waals surface area contributed by atoms with Gasteiger partial charge in [-0.15, -0.1) is 0 Å². The summed E-state index contributed by atoms with van der Waals surface area (Å²) in [6.45, 7) is 5.79. The van der Waals surface area contributed by atoms with Crippen molar-refractivity contribution in [3.63, 3.8) is 0 Å². The van der Waals surface area contributed by atoms with Gasteiger partial charge in [0, 0.05) is 12.2 Å². The quantitative estimate of drug-likeness (QED) is 0.251. The number of hydrogen-bond donors (Lipinski definition) is 1. The van der Waals surface area contributed by atoms with Crippen molar-refractivity contribution in [2.75, 3.05) is 6.54 Å². The zero-order valence-corrected chi connectivity index (χ0v) is 16.9. The molecule has 0 aromatic heterocycles. The third-order valence-corrected chi connectivity index (χ3v) is 5.30. The van der Waals surface area contributed by atoms with Crippen molar-refractivity contribution in [3.8, 4) is 0 Å². The number of unbranched alkanes of at least 4 members (excludes halogenated alkanes) is 13. The van der Waals surface area contributed by atoms with Gasteiger partial charge in [-0.25, -0.2) is 0 Å². The summed E-state index contributed by atoms with van der Waals surface area (Å²) in [6, 6.07) is 0. The molecule has 0 saturated heterocycles. The van der Waals surface area contributed by atoms with Crippen LogP contribution in [0.2, 0.25) is 0 Å². The molecule has 24 heavy (non-hydrogen) atoms. The lowest BCUT2D eigenvalue weighted by Crippen LogP contribution is -2.14. The Hall–Kier alpha value is -0.460. The van der Waals surface area contributed by atoms with Crippen molar-refractivity contribution in [2.45, 2.75) is 129 Å². The van der Waals surface area contributed by atoms with Gasteiger partial charge in [-0.1, -0.05) is 109 Å². The van der Waals surface area contributed by atoms with Crippen LogP contribution in [-0.4, -0.2) is 6.54 Å². The Bertz CT molecular complexity index is 299. The first-order chi connectivity index (χ1) is 11.9. The van der Waals surface area contributed by atoms with Crippen LogP contribution in [0.3, 0.4) is 0 Å². The summed E-state index contributed by atoms with van der Waals surface area (Å²) in [7, 11) is 0. The molecule has 0 amide bonds. The van der Waals surface area contributed by atoms with Crippen molar-refractivity contribution in [3.05, 3.63) is 11.3 Å². The molecule has 1 fully saturated rings. The Morgan fingerprint density at radius 3 is 1.50 bits per heavy atom. The Balaban J connectivity index is 1.74. The van der Waals surface area contributed by atoms with Crippen molar-refractivity contribution in [2.24, 2.45) is 0 Å². The maximum Gasteiger partial charge on any atom is 0.0143 e. The molecule has 0 spiro atoms. The second-order valence-corrected chi connectivity index (χ2v) is 7.86. The van der Waals surface area contributed by atoms with Gasteiger partial charge in [-0.05, 0) is 25.7 Å². The molecule has 1 aliphatic carbocycles. The molecule has 0 bridgehead atoms. The highest BCUT2D eigenvalue weighted by Crippen LogP contribution is 2.32. The summed E-state index contributed by atoms with van der Waals surface area (Å²) < 4.78 is 0. The fraction of sp³-hybridized carbons (Fsp3) is 0.913. The van der Waals surface area contributed by atoms with E-state index in [-0.39, 0.29) is 0 Å². The van der Waals surface area contributed by atoms with Crippen LogP contribution < -0.4 is 5.32 Å². The van der Waals surface area contributed by atoms with Gasteiger partial charge < -0.3 is 5.32 Å². The van der Waals surface area contributed by atoms with Crippen LogP contribution >= 0.6 is 0 Å². The maximum atomic E-state index is 3.71. The van der Waals surface area contributed by atoms with Crippen LogP contribution in [0, 0.1) is 0 Å². The minimum Gasteiger partial charge on any atom is -0.388 e. The third kappa shape index (κ3) is 12.9. The standard InChI is InChI=1S/C23H45N/c1-3-5-6-7-8-9-10-11-12-13-14-15-16-17-21-24-23(18-4-2)22-19-20-22/h24H,3-21H2,1-2H3. The molecule has 1 nitrogen and oxygen atoms in total. The first kappa shape index (κ1) is 21.6. The smallest absolute Gasteiger partial charge is 0.0143 e. The van der Waals surface area contributed by atoms with E-state index >= 15 is 0 Å². The van der Waals surface area contributed by atoms with E-state index in [1.165, 1.54) is 122 Å². The Labute approximate surface area is 153 Å². The lowest BCUT2D eigenvalue weighted by molar-refractivity contribution is 0.532. The van der Waals surface area contributed by atoms with Gasteiger partial charge in [-0.3, -0.25) is 0 Å². The average molecular weight is 336 g/mol. The predicted octanol–water partition coefficient (Wildman–Crippen LogP) is 7.91. The predicted molar refractivity (Wildman–Crippen MR) is 109 cm³/mol. The Kier molecular flexibility index (Phi) is 14.4. The van der Waals surface area contributed by atoms with Gasteiger partial charge in [0.1, 0.15) is 0 Å². The topological polar surface area (TPSA) is 12.0 Å². The SMILES string of the molecule is CCCCCCCCCCCCCCCCNC(CCC)=C1CC1. The van der Waals surface area contributed by atoms with Crippen LogP contribution in [0.15, 0.2) is 11.3 Å². The molecule has 1 rings (SSSR count). The summed E-state index contributed by atoms with van der Waals surface area (Å²) in [5.41, 5.74) is 3.30. The molecule has 0 aromatic carbocycles. The van der Waals surface area contributed by atoms with E-state index < -0.39 is 0 Å². The van der Waals surface area contributed by atoms with Crippen molar-refractivity contribution < 1.29 is 0 Å². The van der Waals surface area contributed by atoms with E-state index in [2.05, 4.69) is 19.2 Å². The first-order valence-corrected chi connectivity index (χ1v) is 11.3. The number of allylic oxidation sites excluding steroid dienone is 2. The van der Waals surface area contributed by atoms with Crippen molar-refractivity contribution in [1.82, 2.24) is 5.32 Å². The summed E-state index contributed by atoms with van der Waals surface area (Å²) in [5, 5.41) is 3.71. The molecular formula is C23H45N. The highest BCUT2D eigenvalue weighted by Gasteiger charge is 2.16. The summed E-state index contributed by atoms with van der Waals surface area (Å²) in [5.74, 6) is 0. The normalized spacial score (nSPS) is 13.3. The molecule has 0 heterocycles. The monoisotopic (exact) mass is 335 g/mol. The van der Waals surface area contributed by atoms with Crippen LogP contribution in [-0.2, 0) is 0 Å². The molecule has 0 atom stereocenters. The zero-order valence-electron chi connectivity index (χ0n) is 16.9. The molecule has 0 radical (unpaired) electrons. The van der Waals surface area contributed by atoms with E-state index in [9.17, 15) is 0 Å². The van der Waals surface area contributed by atoms with Gasteiger partial charge in [0.15, 0.2) is 0 Å². The minimum absolute atomic E-state index is 1.21. The Morgan fingerprint density at radius 1 is 0.625 bits per heavy atom. The first-order valence-electron chi connectivity index (χ1n) is 11.3. The number of rotatable bonds is 18. The van der Waals surface area contributed by atoms with Crippen LogP contribution in [0.4, 0.5) is 0 Å². The van der Waals surface area contributed by atoms with Crippen molar-refractivity contribution in [1.29, 1.82) is 0 Å². The third-order valence-electron chi connectivity index (χ3n) is 5.30. The molecule has 0 aromatic rings. The van der Waals surface area contributed by atoms with E-state index in [0.29, 0.717) is 0 Å².